The Labute approximate surface area is 153 Å². The molecule has 0 fully saturated rings. The summed E-state index contributed by atoms with van der Waals surface area (Å²) >= 11 is 0. The molecule has 0 unspecified atom stereocenters. The molecule has 1 amide bonds. The fourth-order valence-corrected chi connectivity index (χ4v) is 2.52. The standard InChI is InChI=1S/C20H24N2O4/c1-13(2)17-7-6-16(9-14(17)3)26-12-20(24)22-21-11-15-5-8-18(23)19(10-15)25-4/h5-11,13,23H,12H2,1-4H3,(H,22,24)/b21-11+. The number of hydrazone groups is 1. The van der Waals surface area contributed by atoms with Gasteiger partial charge in [0, 0.05) is 0 Å². The molecule has 0 aliphatic rings. The maximum atomic E-state index is 11.8. The summed E-state index contributed by atoms with van der Waals surface area (Å²) in [5.41, 5.74) is 5.48. The molecule has 2 rings (SSSR count). The molecule has 0 atom stereocenters. The number of methoxy groups -OCH3 is 1. The minimum atomic E-state index is -0.363. The largest absolute Gasteiger partial charge is 0.504 e. The number of aryl methyl sites for hydroxylation is 1. The Morgan fingerprint density at radius 3 is 2.69 bits per heavy atom. The summed E-state index contributed by atoms with van der Waals surface area (Å²) in [5, 5.41) is 13.4. The van der Waals surface area contributed by atoms with Crippen LogP contribution in [0.3, 0.4) is 0 Å². The van der Waals surface area contributed by atoms with Crippen molar-refractivity contribution in [2.45, 2.75) is 26.7 Å². The summed E-state index contributed by atoms with van der Waals surface area (Å²) in [6, 6.07) is 10.6. The van der Waals surface area contributed by atoms with Crippen LogP contribution in [-0.4, -0.2) is 30.9 Å². The summed E-state index contributed by atoms with van der Waals surface area (Å²) in [6.07, 6.45) is 1.46. The van der Waals surface area contributed by atoms with Gasteiger partial charge in [-0.05, 0) is 59.9 Å². The van der Waals surface area contributed by atoms with E-state index < -0.39 is 0 Å². The van der Waals surface area contributed by atoms with Crippen molar-refractivity contribution in [2.75, 3.05) is 13.7 Å². The molecule has 0 saturated heterocycles. The predicted octanol–water partition coefficient (Wildman–Crippen LogP) is 3.36. The number of amides is 1. The van der Waals surface area contributed by atoms with Gasteiger partial charge in [0.05, 0.1) is 13.3 Å². The van der Waals surface area contributed by atoms with Crippen LogP contribution in [0.25, 0.3) is 0 Å². The molecule has 2 N–H and O–H groups in total. The number of carbonyl (C=O) groups excluding carboxylic acids is 1. The van der Waals surface area contributed by atoms with Crippen LogP contribution in [0, 0.1) is 6.92 Å². The molecule has 26 heavy (non-hydrogen) atoms. The number of carbonyl (C=O) groups is 1. The first kappa shape index (κ1) is 19.3. The molecule has 0 heterocycles. The zero-order valence-corrected chi connectivity index (χ0v) is 15.4. The topological polar surface area (TPSA) is 80.2 Å². The van der Waals surface area contributed by atoms with Crippen molar-refractivity contribution in [3.05, 3.63) is 53.1 Å². The average molecular weight is 356 g/mol. The number of phenolic OH excluding ortho intramolecular Hbond substituents is 1. The predicted molar refractivity (Wildman–Crippen MR) is 101 cm³/mol. The molecule has 6 heteroatoms. The van der Waals surface area contributed by atoms with Gasteiger partial charge in [-0.15, -0.1) is 0 Å². The summed E-state index contributed by atoms with van der Waals surface area (Å²) in [6.45, 7) is 6.17. The van der Waals surface area contributed by atoms with Gasteiger partial charge in [-0.2, -0.15) is 5.10 Å². The van der Waals surface area contributed by atoms with Gasteiger partial charge in [-0.1, -0.05) is 19.9 Å². The van der Waals surface area contributed by atoms with Crippen molar-refractivity contribution in [1.29, 1.82) is 0 Å². The normalized spacial score (nSPS) is 11.0. The Bertz CT molecular complexity index is 800. The van der Waals surface area contributed by atoms with Crippen LogP contribution >= 0.6 is 0 Å². The Kier molecular flexibility index (Phi) is 6.60. The highest BCUT2D eigenvalue weighted by Crippen LogP contribution is 2.25. The van der Waals surface area contributed by atoms with Gasteiger partial charge in [0.25, 0.3) is 5.91 Å². The fourth-order valence-electron chi connectivity index (χ4n) is 2.52. The quantitative estimate of drug-likeness (QED) is 0.589. The first-order valence-corrected chi connectivity index (χ1v) is 8.33. The van der Waals surface area contributed by atoms with Crippen LogP contribution in [0.1, 0.15) is 36.5 Å². The maximum Gasteiger partial charge on any atom is 0.277 e. The molecule has 2 aromatic rings. The van der Waals surface area contributed by atoms with Gasteiger partial charge in [0.2, 0.25) is 0 Å². The number of phenols is 1. The van der Waals surface area contributed by atoms with Crippen LogP contribution in [0.4, 0.5) is 0 Å². The number of ether oxygens (including phenoxy) is 2. The second kappa shape index (κ2) is 8.89. The van der Waals surface area contributed by atoms with E-state index in [1.165, 1.54) is 25.0 Å². The SMILES string of the molecule is COc1cc(/C=N/NC(=O)COc2ccc(C(C)C)c(C)c2)ccc1O. The van der Waals surface area contributed by atoms with E-state index in [-0.39, 0.29) is 18.3 Å². The fraction of sp³-hybridized carbons (Fsp3) is 0.300. The summed E-state index contributed by atoms with van der Waals surface area (Å²) in [4.78, 5) is 11.8. The van der Waals surface area contributed by atoms with E-state index >= 15 is 0 Å². The summed E-state index contributed by atoms with van der Waals surface area (Å²) in [5.74, 6) is 1.11. The zero-order valence-electron chi connectivity index (χ0n) is 15.4. The van der Waals surface area contributed by atoms with Gasteiger partial charge in [0.1, 0.15) is 5.75 Å². The van der Waals surface area contributed by atoms with Gasteiger partial charge in [-0.3, -0.25) is 4.79 Å². The lowest BCUT2D eigenvalue weighted by Crippen LogP contribution is -2.24. The highest BCUT2D eigenvalue weighted by atomic mass is 16.5. The van der Waals surface area contributed by atoms with Crippen LogP contribution in [0.5, 0.6) is 17.2 Å². The third-order valence-electron chi connectivity index (χ3n) is 3.84. The number of hydrogen-bond acceptors (Lipinski definition) is 5. The van der Waals surface area contributed by atoms with Crippen LogP contribution in [-0.2, 0) is 4.79 Å². The Hall–Kier alpha value is -3.02. The number of aromatic hydroxyl groups is 1. The Morgan fingerprint density at radius 2 is 2.04 bits per heavy atom. The average Bonchev–Trinajstić information content (AvgIpc) is 2.61. The number of benzene rings is 2. The van der Waals surface area contributed by atoms with Crippen LogP contribution in [0.15, 0.2) is 41.5 Å². The van der Waals surface area contributed by atoms with E-state index in [0.717, 1.165) is 5.56 Å². The minimum absolute atomic E-state index is 0.0425. The van der Waals surface area contributed by atoms with Crippen molar-refractivity contribution in [1.82, 2.24) is 5.43 Å². The monoisotopic (exact) mass is 356 g/mol. The smallest absolute Gasteiger partial charge is 0.277 e. The van der Waals surface area contributed by atoms with Crippen LogP contribution in [0.2, 0.25) is 0 Å². The molecular weight excluding hydrogens is 332 g/mol. The summed E-state index contributed by atoms with van der Waals surface area (Å²) in [7, 11) is 1.46. The van der Waals surface area contributed by atoms with Crippen molar-refractivity contribution in [2.24, 2.45) is 5.10 Å². The Balaban J connectivity index is 1.86. The van der Waals surface area contributed by atoms with Crippen LogP contribution < -0.4 is 14.9 Å². The number of nitrogens with one attached hydrogen (secondary N) is 1. The minimum Gasteiger partial charge on any atom is -0.504 e. The van der Waals surface area contributed by atoms with E-state index in [2.05, 4.69) is 24.4 Å². The highest BCUT2D eigenvalue weighted by molar-refractivity contribution is 5.83. The molecular formula is C20H24N2O4. The molecule has 0 aliphatic carbocycles. The first-order chi connectivity index (χ1) is 12.4. The van der Waals surface area contributed by atoms with Gasteiger partial charge >= 0.3 is 0 Å². The lowest BCUT2D eigenvalue weighted by Gasteiger charge is -2.12. The van der Waals surface area contributed by atoms with Crippen molar-refractivity contribution >= 4 is 12.1 Å². The number of rotatable bonds is 7. The second-order valence-electron chi connectivity index (χ2n) is 6.19. The van der Waals surface area contributed by atoms with Gasteiger partial charge in [-0.25, -0.2) is 5.43 Å². The van der Waals surface area contributed by atoms with Crippen molar-refractivity contribution in [3.8, 4) is 17.2 Å². The lowest BCUT2D eigenvalue weighted by molar-refractivity contribution is -0.123. The van der Waals surface area contributed by atoms with E-state index in [0.29, 0.717) is 23.0 Å². The maximum absolute atomic E-state index is 11.8. The molecule has 0 bridgehead atoms. The first-order valence-electron chi connectivity index (χ1n) is 8.33. The second-order valence-corrected chi connectivity index (χ2v) is 6.19. The highest BCUT2D eigenvalue weighted by Gasteiger charge is 2.06. The van der Waals surface area contributed by atoms with E-state index in [4.69, 9.17) is 9.47 Å². The molecule has 0 radical (unpaired) electrons. The van der Waals surface area contributed by atoms with E-state index in [9.17, 15) is 9.90 Å². The number of hydrogen-bond donors (Lipinski definition) is 2. The van der Waals surface area contributed by atoms with E-state index in [1.807, 2.05) is 25.1 Å². The number of nitrogens with zero attached hydrogens (tertiary/aromatic N) is 1. The molecule has 0 spiro atoms. The van der Waals surface area contributed by atoms with E-state index in [1.54, 1.807) is 12.1 Å². The molecule has 6 nitrogen and oxygen atoms in total. The lowest BCUT2D eigenvalue weighted by atomic mass is 9.98. The third kappa shape index (κ3) is 5.24. The van der Waals surface area contributed by atoms with Gasteiger partial charge < -0.3 is 14.6 Å². The zero-order chi connectivity index (χ0) is 19.1. The molecule has 2 aromatic carbocycles. The van der Waals surface area contributed by atoms with Gasteiger partial charge in [0.15, 0.2) is 18.1 Å². The molecule has 0 saturated carbocycles. The Morgan fingerprint density at radius 1 is 1.27 bits per heavy atom. The summed E-state index contributed by atoms with van der Waals surface area (Å²) < 4.78 is 10.5. The third-order valence-corrected chi connectivity index (χ3v) is 3.84. The van der Waals surface area contributed by atoms with Crippen molar-refractivity contribution < 1.29 is 19.4 Å². The molecule has 0 aliphatic heterocycles. The molecule has 0 aromatic heterocycles. The molecule has 138 valence electrons. The van der Waals surface area contributed by atoms with Crippen molar-refractivity contribution in [3.63, 3.8) is 0 Å².